The molecule has 0 amide bonds. The summed E-state index contributed by atoms with van der Waals surface area (Å²) in [4.78, 5) is 13.0. The first kappa shape index (κ1) is 19.9. The second-order valence-corrected chi connectivity index (χ2v) is 6.71. The molecule has 0 bridgehead atoms. The van der Waals surface area contributed by atoms with Gasteiger partial charge in [-0.15, -0.1) is 6.58 Å². The Morgan fingerprint density at radius 2 is 1.86 bits per heavy atom. The smallest absolute Gasteiger partial charge is 0.273 e. The van der Waals surface area contributed by atoms with E-state index in [1.807, 2.05) is 6.92 Å². The minimum absolute atomic E-state index is 0.237. The van der Waals surface area contributed by atoms with E-state index in [1.54, 1.807) is 49.6 Å². The van der Waals surface area contributed by atoms with Crippen LogP contribution < -0.4 is 14.2 Å². The van der Waals surface area contributed by atoms with Gasteiger partial charge in [-0.3, -0.25) is 4.79 Å². The van der Waals surface area contributed by atoms with Crippen LogP contribution in [0.25, 0.3) is 0 Å². The third kappa shape index (κ3) is 3.74. The zero-order chi connectivity index (χ0) is 20.3. The van der Waals surface area contributed by atoms with Gasteiger partial charge in [-0.25, -0.2) is 0 Å². The number of hydrogen-bond acceptors (Lipinski definition) is 6. The monoisotopic (exact) mass is 384 g/mol. The topological polar surface area (TPSA) is 74.2 Å². The fraction of sp³-hybridized carbons (Fsp3) is 0.318. The predicted octanol–water partition coefficient (Wildman–Crippen LogP) is 3.69. The van der Waals surface area contributed by atoms with E-state index < -0.39 is 17.7 Å². The number of carbonyl (C=O) groups is 1. The van der Waals surface area contributed by atoms with E-state index in [-0.39, 0.29) is 5.56 Å². The van der Waals surface area contributed by atoms with Crippen molar-refractivity contribution in [2.24, 2.45) is 0 Å². The summed E-state index contributed by atoms with van der Waals surface area (Å²) in [5.74, 6) is -1.14. The summed E-state index contributed by atoms with van der Waals surface area (Å²) in [5, 5.41) is 10.9. The molecule has 0 saturated carbocycles. The molecule has 0 saturated heterocycles. The molecule has 2 atom stereocenters. The molecule has 28 heavy (non-hydrogen) atoms. The largest absolute Gasteiger partial charge is 0.497 e. The number of ether oxygens (including phenoxy) is 4. The van der Waals surface area contributed by atoms with Crippen molar-refractivity contribution in [1.29, 1.82) is 0 Å². The van der Waals surface area contributed by atoms with Crippen molar-refractivity contribution in [2.75, 3.05) is 20.8 Å². The van der Waals surface area contributed by atoms with Crippen LogP contribution in [-0.2, 0) is 4.74 Å². The van der Waals surface area contributed by atoms with Gasteiger partial charge in [0.15, 0.2) is 6.10 Å². The molecule has 0 aliphatic carbocycles. The summed E-state index contributed by atoms with van der Waals surface area (Å²) in [5.41, 5.74) is 1.84. The number of benzene rings is 2. The molecular formula is C22H24O6. The highest BCUT2D eigenvalue weighted by molar-refractivity contribution is 6.05. The normalized spacial score (nSPS) is 20.9. The molecule has 1 heterocycles. The predicted molar refractivity (Wildman–Crippen MR) is 104 cm³/mol. The van der Waals surface area contributed by atoms with Crippen molar-refractivity contribution in [3.8, 4) is 17.2 Å². The van der Waals surface area contributed by atoms with Crippen LogP contribution in [0.2, 0.25) is 0 Å². The summed E-state index contributed by atoms with van der Waals surface area (Å²) < 4.78 is 22.1. The quantitative estimate of drug-likeness (QED) is 0.580. The first-order valence-corrected chi connectivity index (χ1v) is 8.93. The number of hydrogen-bond donors (Lipinski definition) is 1. The summed E-state index contributed by atoms with van der Waals surface area (Å²) in [7, 11) is 2.84. The molecule has 0 radical (unpaired) electrons. The fourth-order valence-electron chi connectivity index (χ4n) is 3.01. The van der Waals surface area contributed by atoms with E-state index in [2.05, 4.69) is 6.58 Å². The van der Waals surface area contributed by atoms with Gasteiger partial charge in [0.1, 0.15) is 17.2 Å². The molecule has 2 aromatic carbocycles. The van der Waals surface area contributed by atoms with Gasteiger partial charge < -0.3 is 24.1 Å². The molecule has 148 valence electrons. The van der Waals surface area contributed by atoms with Crippen molar-refractivity contribution in [2.45, 2.75) is 25.2 Å². The average Bonchev–Trinajstić information content (AvgIpc) is 2.70. The van der Waals surface area contributed by atoms with Crippen LogP contribution in [0.15, 0.2) is 54.6 Å². The van der Waals surface area contributed by atoms with E-state index in [9.17, 15) is 9.90 Å². The lowest BCUT2D eigenvalue weighted by molar-refractivity contribution is -0.205. The minimum Gasteiger partial charge on any atom is -0.497 e. The molecule has 2 unspecified atom stereocenters. The Labute approximate surface area is 164 Å². The number of aliphatic hydroxyl groups is 1. The molecule has 1 aliphatic heterocycles. The van der Waals surface area contributed by atoms with Gasteiger partial charge in [-0.2, -0.15) is 0 Å². The summed E-state index contributed by atoms with van der Waals surface area (Å²) in [6, 6.07) is 11.8. The van der Waals surface area contributed by atoms with Crippen LogP contribution >= 0.6 is 0 Å². The Morgan fingerprint density at radius 3 is 2.46 bits per heavy atom. The summed E-state index contributed by atoms with van der Waals surface area (Å²) in [6.45, 7) is 6.26. The maximum absolute atomic E-state index is 13.0. The van der Waals surface area contributed by atoms with E-state index >= 15 is 0 Å². The molecule has 1 N–H and O–H groups in total. The Hall–Kier alpha value is -2.83. The second kappa shape index (κ2) is 8.04. The van der Waals surface area contributed by atoms with Crippen LogP contribution in [0, 0.1) is 0 Å². The number of carbonyl (C=O) groups excluding carboxylic acids is 1. The maximum Gasteiger partial charge on any atom is 0.273 e. The molecule has 0 fully saturated rings. The van der Waals surface area contributed by atoms with Crippen molar-refractivity contribution in [3.63, 3.8) is 0 Å². The van der Waals surface area contributed by atoms with Crippen LogP contribution in [0.4, 0.5) is 0 Å². The Balaban J connectivity index is 1.93. The molecule has 0 aromatic heterocycles. The number of rotatable bonds is 7. The van der Waals surface area contributed by atoms with Gasteiger partial charge >= 0.3 is 0 Å². The van der Waals surface area contributed by atoms with Gasteiger partial charge in [0.25, 0.3) is 5.79 Å². The SMILES string of the molecule is C=C(C)CCOc1ccc2c(c1)OC(c1ccc(OC)cc1)C(O)(OC)C2=O. The van der Waals surface area contributed by atoms with Gasteiger partial charge in [0.2, 0.25) is 5.78 Å². The summed E-state index contributed by atoms with van der Waals surface area (Å²) >= 11 is 0. The zero-order valence-corrected chi connectivity index (χ0v) is 16.2. The van der Waals surface area contributed by atoms with E-state index in [0.29, 0.717) is 29.4 Å². The maximum atomic E-state index is 13.0. The molecule has 0 spiro atoms. The summed E-state index contributed by atoms with van der Waals surface area (Å²) in [6.07, 6.45) is -0.302. The molecule has 6 heteroatoms. The van der Waals surface area contributed by atoms with Crippen molar-refractivity contribution >= 4 is 5.78 Å². The van der Waals surface area contributed by atoms with Gasteiger partial charge in [0.05, 0.1) is 19.3 Å². The van der Waals surface area contributed by atoms with Crippen molar-refractivity contribution in [1.82, 2.24) is 0 Å². The number of Topliss-reactive ketones (excluding diaryl/α,β-unsaturated/α-hetero) is 1. The van der Waals surface area contributed by atoms with Gasteiger partial charge in [0, 0.05) is 19.6 Å². The van der Waals surface area contributed by atoms with Crippen LogP contribution in [0.1, 0.15) is 35.4 Å². The minimum atomic E-state index is -2.14. The van der Waals surface area contributed by atoms with Gasteiger partial charge in [-0.1, -0.05) is 17.7 Å². The van der Waals surface area contributed by atoms with E-state index in [0.717, 1.165) is 12.0 Å². The fourth-order valence-corrected chi connectivity index (χ4v) is 3.01. The lowest BCUT2D eigenvalue weighted by Gasteiger charge is -2.38. The first-order chi connectivity index (χ1) is 13.4. The third-order valence-electron chi connectivity index (χ3n) is 4.65. The number of fused-ring (bicyclic) bond motifs is 1. The van der Waals surface area contributed by atoms with Crippen LogP contribution in [-0.4, -0.2) is 37.5 Å². The Morgan fingerprint density at radius 1 is 1.18 bits per heavy atom. The van der Waals surface area contributed by atoms with Crippen LogP contribution in [0.3, 0.4) is 0 Å². The highest BCUT2D eigenvalue weighted by Gasteiger charge is 2.52. The molecule has 6 nitrogen and oxygen atoms in total. The molecule has 1 aliphatic rings. The highest BCUT2D eigenvalue weighted by atomic mass is 16.7. The lowest BCUT2D eigenvalue weighted by Crippen LogP contribution is -2.51. The molecular weight excluding hydrogens is 360 g/mol. The van der Waals surface area contributed by atoms with E-state index in [4.69, 9.17) is 18.9 Å². The second-order valence-electron chi connectivity index (χ2n) is 6.71. The van der Waals surface area contributed by atoms with Crippen molar-refractivity contribution < 1.29 is 28.8 Å². The molecule has 2 aromatic rings. The Bertz CT molecular complexity index is 873. The third-order valence-corrected chi connectivity index (χ3v) is 4.65. The van der Waals surface area contributed by atoms with E-state index in [1.165, 1.54) is 7.11 Å². The molecule has 3 rings (SSSR count). The van der Waals surface area contributed by atoms with Crippen molar-refractivity contribution in [3.05, 3.63) is 65.7 Å². The number of ketones is 1. The van der Waals surface area contributed by atoms with Crippen LogP contribution in [0.5, 0.6) is 17.2 Å². The lowest BCUT2D eigenvalue weighted by atomic mass is 9.90. The standard InChI is InChI=1S/C22H24O6/c1-14(2)11-12-27-17-9-10-18-19(13-17)28-21(22(24,26-4)20(18)23)15-5-7-16(25-3)8-6-15/h5-10,13,21,24H,1,11-12H2,2-4H3. The number of methoxy groups -OCH3 is 2. The average molecular weight is 384 g/mol. The zero-order valence-electron chi connectivity index (χ0n) is 16.2. The van der Waals surface area contributed by atoms with Gasteiger partial charge in [-0.05, 0) is 36.8 Å². The Kier molecular flexibility index (Phi) is 5.72. The first-order valence-electron chi connectivity index (χ1n) is 8.93. The highest BCUT2D eigenvalue weighted by Crippen LogP contribution is 2.43.